The van der Waals surface area contributed by atoms with Gasteiger partial charge in [-0.25, -0.2) is 0 Å². The maximum atomic E-state index is 11.8. The third kappa shape index (κ3) is 5.29. The highest BCUT2D eigenvalue weighted by atomic mass is 28.4. The second-order valence-electron chi connectivity index (χ2n) is 16.7. The summed E-state index contributed by atoms with van der Waals surface area (Å²) in [6.07, 6.45) is 11.4. The predicted octanol–water partition coefficient (Wildman–Crippen LogP) is 8.44. The molecule has 0 spiro atoms. The highest BCUT2D eigenvalue weighted by molar-refractivity contribution is 6.74. The Morgan fingerprint density at radius 3 is 2.08 bits per heavy atom. The molecule has 0 amide bonds. The topological polar surface area (TPSA) is 49.7 Å². The molecule has 4 heteroatoms. The number of aliphatic hydroxyl groups excluding tert-OH is 2. The van der Waals surface area contributed by atoms with Gasteiger partial charge in [0.2, 0.25) is 0 Å². The van der Waals surface area contributed by atoms with Crippen molar-refractivity contribution in [1.82, 2.24) is 0 Å². The third-order valence-electron chi connectivity index (χ3n) is 13.2. The Hall–Kier alpha value is 0.0969. The van der Waals surface area contributed by atoms with E-state index in [0.717, 1.165) is 37.0 Å². The van der Waals surface area contributed by atoms with Gasteiger partial charge in [-0.2, -0.15) is 0 Å². The van der Waals surface area contributed by atoms with Gasteiger partial charge in [-0.1, -0.05) is 74.7 Å². The van der Waals surface area contributed by atoms with Crippen LogP contribution in [0.5, 0.6) is 0 Å². The SMILES string of the molecule is CC(C)CCC[C@@H](C)[C@H]1CC[C@H]2[C@@H]3[C@@H](O)[C@H](O)C4C[C@@H](O[Si](C)(C)C(C)(C)C)CC[C@]4(C)[C@H]3CC[C@]12C. The lowest BCUT2D eigenvalue weighted by atomic mass is 9.43. The summed E-state index contributed by atoms with van der Waals surface area (Å²) in [6, 6.07) is 0. The van der Waals surface area contributed by atoms with Crippen LogP contribution in [0.2, 0.25) is 18.1 Å². The number of hydrogen-bond donors (Lipinski definition) is 2. The summed E-state index contributed by atoms with van der Waals surface area (Å²) in [5.74, 6) is 3.86. The summed E-state index contributed by atoms with van der Waals surface area (Å²) in [7, 11) is -1.85. The van der Waals surface area contributed by atoms with Crippen molar-refractivity contribution in [3.63, 3.8) is 0 Å². The molecule has 4 aliphatic carbocycles. The summed E-state index contributed by atoms with van der Waals surface area (Å²) in [4.78, 5) is 0. The molecule has 4 saturated carbocycles. The van der Waals surface area contributed by atoms with Crippen LogP contribution in [0.1, 0.15) is 120 Å². The molecule has 1 unspecified atom stereocenters. The molecule has 0 aromatic rings. The molecule has 0 bridgehead atoms. The summed E-state index contributed by atoms with van der Waals surface area (Å²) >= 11 is 0. The van der Waals surface area contributed by atoms with Gasteiger partial charge in [0.1, 0.15) is 0 Å². The van der Waals surface area contributed by atoms with Crippen LogP contribution in [0, 0.1) is 52.3 Å². The number of aliphatic hydroxyl groups is 2. The molecule has 4 fully saturated rings. The highest BCUT2D eigenvalue weighted by Crippen LogP contribution is 2.68. The van der Waals surface area contributed by atoms with Crippen LogP contribution >= 0.6 is 0 Å². The van der Waals surface area contributed by atoms with Crippen molar-refractivity contribution < 1.29 is 14.6 Å². The van der Waals surface area contributed by atoms with Crippen molar-refractivity contribution in [3.8, 4) is 0 Å². The summed E-state index contributed by atoms with van der Waals surface area (Å²) in [5, 5.41) is 23.7. The molecule has 0 aromatic carbocycles. The number of hydrogen-bond acceptors (Lipinski definition) is 3. The van der Waals surface area contributed by atoms with E-state index in [1.165, 1.54) is 44.9 Å². The van der Waals surface area contributed by atoms with Crippen LogP contribution in [-0.4, -0.2) is 36.8 Å². The second kappa shape index (κ2) is 10.5. The first kappa shape index (κ1) is 30.1. The smallest absolute Gasteiger partial charge is 0.192 e. The zero-order valence-corrected chi connectivity index (χ0v) is 27.1. The van der Waals surface area contributed by atoms with Gasteiger partial charge in [-0.05, 0) is 115 Å². The second-order valence-corrected chi connectivity index (χ2v) is 21.4. The monoisotopic (exact) mass is 534 g/mol. The van der Waals surface area contributed by atoms with E-state index in [4.69, 9.17) is 4.43 Å². The molecule has 2 N–H and O–H groups in total. The van der Waals surface area contributed by atoms with E-state index >= 15 is 0 Å². The average molecular weight is 535 g/mol. The van der Waals surface area contributed by atoms with Crippen molar-refractivity contribution in [3.05, 3.63) is 0 Å². The zero-order chi connectivity index (χ0) is 27.6. The van der Waals surface area contributed by atoms with Crippen LogP contribution in [0.25, 0.3) is 0 Å². The lowest BCUT2D eigenvalue weighted by Gasteiger charge is -2.64. The zero-order valence-electron chi connectivity index (χ0n) is 26.1. The maximum absolute atomic E-state index is 11.8. The minimum absolute atomic E-state index is 0.124. The molecule has 4 aliphatic rings. The molecule has 216 valence electrons. The van der Waals surface area contributed by atoms with Gasteiger partial charge in [-0.3, -0.25) is 0 Å². The highest BCUT2D eigenvalue weighted by Gasteiger charge is 2.65. The van der Waals surface area contributed by atoms with Crippen molar-refractivity contribution >= 4 is 8.32 Å². The summed E-state index contributed by atoms with van der Waals surface area (Å²) in [5.41, 5.74) is 0.448. The molecular formula is C33H62O3Si. The van der Waals surface area contributed by atoms with Crippen molar-refractivity contribution in [2.75, 3.05) is 0 Å². The quantitative estimate of drug-likeness (QED) is 0.322. The Kier molecular flexibility index (Phi) is 8.53. The lowest BCUT2D eigenvalue weighted by Crippen LogP contribution is -2.64. The first-order valence-corrected chi connectivity index (χ1v) is 19.0. The van der Waals surface area contributed by atoms with Gasteiger partial charge in [0, 0.05) is 6.10 Å². The normalized spacial score (nSPS) is 45.3. The predicted molar refractivity (Wildman–Crippen MR) is 158 cm³/mol. The minimum Gasteiger partial charge on any atom is -0.414 e. The summed E-state index contributed by atoms with van der Waals surface area (Å²) < 4.78 is 6.88. The molecule has 0 radical (unpaired) electrons. The number of fused-ring (bicyclic) bond motifs is 5. The fourth-order valence-electron chi connectivity index (χ4n) is 9.95. The van der Waals surface area contributed by atoms with Gasteiger partial charge in [-0.15, -0.1) is 0 Å². The molecule has 4 rings (SSSR count). The molecule has 0 aromatic heterocycles. The first-order chi connectivity index (χ1) is 17.0. The van der Waals surface area contributed by atoms with Gasteiger partial charge in [0.25, 0.3) is 0 Å². The molecular weight excluding hydrogens is 472 g/mol. The van der Waals surface area contributed by atoms with E-state index in [9.17, 15) is 10.2 Å². The Morgan fingerprint density at radius 2 is 1.46 bits per heavy atom. The Labute approximate surface area is 231 Å². The Bertz CT molecular complexity index is 789. The van der Waals surface area contributed by atoms with E-state index in [1.54, 1.807) is 0 Å². The molecule has 0 heterocycles. The largest absolute Gasteiger partial charge is 0.414 e. The van der Waals surface area contributed by atoms with Gasteiger partial charge in [0.05, 0.1) is 12.2 Å². The van der Waals surface area contributed by atoms with E-state index in [0.29, 0.717) is 17.3 Å². The number of rotatable bonds is 7. The van der Waals surface area contributed by atoms with E-state index in [1.807, 2.05) is 0 Å². The summed E-state index contributed by atoms with van der Waals surface area (Å²) in [6.45, 7) is 23.9. The molecule has 0 aliphatic heterocycles. The maximum Gasteiger partial charge on any atom is 0.192 e. The van der Waals surface area contributed by atoms with Crippen LogP contribution < -0.4 is 0 Å². The van der Waals surface area contributed by atoms with Crippen LogP contribution in [0.4, 0.5) is 0 Å². The molecule has 0 saturated heterocycles. The van der Waals surface area contributed by atoms with Gasteiger partial charge >= 0.3 is 0 Å². The lowest BCUT2D eigenvalue weighted by molar-refractivity contribution is -0.222. The average Bonchev–Trinajstić information content (AvgIpc) is 3.14. The third-order valence-corrected chi connectivity index (χ3v) is 17.7. The molecule has 11 atom stereocenters. The fourth-order valence-corrected chi connectivity index (χ4v) is 11.3. The Morgan fingerprint density at radius 1 is 0.838 bits per heavy atom. The van der Waals surface area contributed by atoms with E-state index in [2.05, 4.69) is 68.5 Å². The van der Waals surface area contributed by atoms with E-state index < -0.39 is 20.5 Å². The molecule has 3 nitrogen and oxygen atoms in total. The van der Waals surface area contributed by atoms with Gasteiger partial charge in [0.15, 0.2) is 8.32 Å². The van der Waals surface area contributed by atoms with E-state index in [-0.39, 0.29) is 28.4 Å². The van der Waals surface area contributed by atoms with Gasteiger partial charge < -0.3 is 14.6 Å². The first-order valence-electron chi connectivity index (χ1n) is 16.1. The minimum atomic E-state index is -1.85. The standard InChI is InChI=1S/C33H62O3Si/c1-21(2)12-11-13-22(3)24-14-15-25-28-26(17-19-32(24,25)7)33(8)18-16-23(20-27(33)29(34)30(28)35)36-37(9,10)31(4,5)6/h21-30,34-35H,11-20H2,1-10H3/t22-,23+,24-,25+,26+,27?,28+,29-,30-,32-,33-/m1/s1. The van der Waals surface area contributed by atoms with Crippen LogP contribution in [-0.2, 0) is 4.43 Å². The van der Waals surface area contributed by atoms with Crippen LogP contribution in [0.15, 0.2) is 0 Å². The Balaban J connectivity index is 1.50. The molecule has 37 heavy (non-hydrogen) atoms. The van der Waals surface area contributed by atoms with Crippen molar-refractivity contribution in [1.29, 1.82) is 0 Å². The van der Waals surface area contributed by atoms with Crippen LogP contribution in [0.3, 0.4) is 0 Å². The van der Waals surface area contributed by atoms with Crippen molar-refractivity contribution in [2.45, 2.75) is 156 Å². The fraction of sp³-hybridized carbons (Fsp3) is 1.00. The van der Waals surface area contributed by atoms with Crippen molar-refractivity contribution in [2.24, 2.45) is 52.3 Å².